The van der Waals surface area contributed by atoms with Gasteiger partial charge in [0.25, 0.3) is 0 Å². The van der Waals surface area contributed by atoms with Gasteiger partial charge >= 0.3 is 0 Å². The fraction of sp³-hybridized carbons (Fsp3) is 0.458. The Hall–Kier alpha value is -1.84. The Bertz CT molecular complexity index is 767. The van der Waals surface area contributed by atoms with E-state index in [1.54, 1.807) is 0 Å². The van der Waals surface area contributed by atoms with Crippen LogP contribution in [0.3, 0.4) is 0 Å². The Balaban J connectivity index is 0.00000341. The molecule has 0 aliphatic carbocycles. The summed E-state index contributed by atoms with van der Waals surface area (Å²) < 4.78 is 11.3. The van der Waals surface area contributed by atoms with Gasteiger partial charge in [0.15, 0.2) is 5.96 Å². The molecule has 0 radical (unpaired) electrons. The fourth-order valence-electron chi connectivity index (χ4n) is 3.33. The molecule has 1 saturated heterocycles. The summed E-state index contributed by atoms with van der Waals surface area (Å²) in [5, 5.41) is 6.73. The highest BCUT2D eigenvalue weighted by atomic mass is 127. The number of aliphatic imine (C=N–C) groups is 1. The number of nitrogens with one attached hydrogen (secondary N) is 2. The average Bonchev–Trinajstić information content (AvgIpc) is 2.79. The van der Waals surface area contributed by atoms with Crippen molar-refractivity contribution in [2.45, 2.75) is 19.9 Å². The lowest BCUT2D eigenvalue weighted by molar-refractivity contribution is 0.0322. The Morgan fingerprint density at radius 2 is 1.81 bits per heavy atom. The van der Waals surface area contributed by atoms with Crippen LogP contribution in [0.15, 0.2) is 59.6 Å². The third kappa shape index (κ3) is 9.88. The zero-order valence-corrected chi connectivity index (χ0v) is 20.7. The van der Waals surface area contributed by atoms with Crippen LogP contribution in [0.25, 0.3) is 0 Å². The summed E-state index contributed by atoms with van der Waals surface area (Å²) in [6.45, 7) is 9.62. The number of nitrogens with zero attached hydrogens (tertiary/aromatic N) is 2. The molecule has 170 valence electrons. The molecule has 0 aromatic heterocycles. The zero-order valence-electron chi connectivity index (χ0n) is 18.4. The minimum Gasteiger partial charge on any atom is -0.492 e. The van der Waals surface area contributed by atoms with E-state index in [4.69, 9.17) is 14.5 Å². The van der Waals surface area contributed by atoms with Crippen molar-refractivity contribution in [3.8, 4) is 5.75 Å². The minimum absolute atomic E-state index is 0. The molecule has 0 amide bonds. The second-order valence-corrected chi connectivity index (χ2v) is 7.31. The van der Waals surface area contributed by atoms with Crippen molar-refractivity contribution >= 4 is 29.9 Å². The maximum absolute atomic E-state index is 5.96. The van der Waals surface area contributed by atoms with Crippen LogP contribution in [0.4, 0.5) is 0 Å². The van der Waals surface area contributed by atoms with Crippen molar-refractivity contribution in [2.75, 3.05) is 52.5 Å². The third-order valence-corrected chi connectivity index (χ3v) is 4.99. The molecule has 2 N–H and O–H groups in total. The zero-order chi connectivity index (χ0) is 20.9. The predicted molar refractivity (Wildman–Crippen MR) is 138 cm³/mol. The summed E-state index contributed by atoms with van der Waals surface area (Å²) >= 11 is 0. The molecular weight excluding hydrogens is 503 g/mol. The largest absolute Gasteiger partial charge is 0.492 e. The van der Waals surface area contributed by atoms with Gasteiger partial charge in [0, 0.05) is 32.7 Å². The average molecular weight is 538 g/mol. The van der Waals surface area contributed by atoms with Crippen LogP contribution in [-0.2, 0) is 17.7 Å². The molecule has 1 aliphatic heterocycles. The number of guanidine groups is 1. The molecule has 31 heavy (non-hydrogen) atoms. The standard InChI is InChI=1S/C24H34N4O2.HI/c1-2-25-24(26-12-11-21-7-4-3-5-8-21)27-20-22-9-6-10-23(19-22)30-18-15-28-13-16-29-17-14-28;/h3-10,19H,2,11-18,20H2,1H3,(H2,25,26,27);1H. The summed E-state index contributed by atoms with van der Waals surface area (Å²) in [7, 11) is 0. The highest BCUT2D eigenvalue weighted by Crippen LogP contribution is 2.14. The molecule has 6 nitrogen and oxygen atoms in total. The predicted octanol–water partition coefficient (Wildman–Crippen LogP) is 3.31. The second kappa shape index (κ2) is 15.0. The quantitative estimate of drug-likeness (QED) is 0.276. The van der Waals surface area contributed by atoms with Gasteiger partial charge < -0.3 is 20.1 Å². The normalized spacial score (nSPS) is 14.5. The van der Waals surface area contributed by atoms with Crippen molar-refractivity contribution in [2.24, 2.45) is 4.99 Å². The van der Waals surface area contributed by atoms with Crippen molar-refractivity contribution < 1.29 is 9.47 Å². The molecule has 0 saturated carbocycles. The van der Waals surface area contributed by atoms with E-state index in [1.165, 1.54) is 5.56 Å². The molecule has 1 aliphatic rings. The van der Waals surface area contributed by atoms with Crippen molar-refractivity contribution in [3.05, 3.63) is 65.7 Å². The topological polar surface area (TPSA) is 58.1 Å². The Kier molecular flexibility index (Phi) is 12.3. The van der Waals surface area contributed by atoms with Gasteiger partial charge in [-0.2, -0.15) is 0 Å². The van der Waals surface area contributed by atoms with Gasteiger partial charge in [-0.1, -0.05) is 42.5 Å². The highest BCUT2D eigenvalue weighted by molar-refractivity contribution is 14.0. The lowest BCUT2D eigenvalue weighted by Crippen LogP contribution is -2.38. The summed E-state index contributed by atoms with van der Waals surface area (Å²) in [5.74, 6) is 1.74. The molecule has 1 heterocycles. The first-order chi connectivity index (χ1) is 14.8. The maximum Gasteiger partial charge on any atom is 0.191 e. The minimum atomic E-state index is 0. The second-order valence-electron chi connectivity index (χ2n) is 7.31. The van der Waals surface area contributed by atoms with Crippen LogP contribution < -0.4 is 15.4 Å². The van der Waals surface area contributed by atoms with E-state index in [-0.39, 0.29) is 24.0 Å². The van der Waals surface area contributed by atoms with Gasteiger partial charge in [-0.25, -0.2) is 4.99 Å². The van der Waals surface area contributed by atoms with Crippen LogP contribution in [0.5, 0.6) is 5.75 Å². The summed E-state index contributed by atoms with van der Waals surface area (Å²) in [5.41, 5.74) is 2.46. The molecule has 0 atom stereocenters. The van der Waals surface area contributed by atoms with Gasteiger partial charge in [0.05, 0.1) is 19.8 Å². The van der Waals surface area contributed by atoms with Crippen LogP contribution in [0.2, 0.25) is 0 Å². The Morgan fingerprint density at radius 1 is 1.03 bits per heavy atom. The number of hydrogen-bond donors (Lipinski definition) is 2. The van der Waals surface area contributed by atoms with E-state index >= 15 is 0 Å². The SMILES string of the molecule is CCNC(=NCc1cccc(OCCN2CCOCC2)c1)NCCc1ccccc1.I. The monoisotopic (exact) mass is 538 g/mol. The van der Waals surface area contributed by atoms with Crippen molar-refractivity contribution in [3.63, 3.8) is 0 Å². The first-order valence-corrected chi connectivity index (χ1v) is 10.9. The fourth-order valence-corrected chi connectivity index (χ4v) is 3.33. The number of hydrogen-bond acceptors (Lipinski definition) is 4. The van der Waals surface area contributed by atoms with E-state index in [9.17, 15) is 0 Å². The van der Waals surface area contributed by atoms with E-state index < -0.39 is 0 Å². The first kappa shape index (κ1) is 25.4. The van der Waals surface area contributed by atoms with Gasteiger partial charge in [-0.05, 0) is 36.6 Å². The highest BCUT2D eigenvalue weighted by Gasteiger charge is 2.09. The van der Waals surface area contributed by atoms with Crippen LogP contribution in [0.1, 0.15) is 18.1 Å². The molecule has 2 aromatic carbocycles. The van der Waals surface area contributed by atoms with Gasteiger partial charge in [-0.15, -0.1) is 24.0 Å². The summed E-state index contributed by atoms with van der Waals surface area (Å²) in [4.78, 5) is 7.10. The molecule has 1 fully saturated rings. The van der Waals surface area contributed by atoms with E-state index in [0.29, 0.717) is 13.2 Å². The van der Waals surface area contributed by atoms with E-state index in [1.807, 2.05) is 18.2 Å². The molecule has 7 heteroatoms. The molecule has 0 unspecified atom stereocenters. The Morgan fingerprint density at radius 3 is 2.58 bits per heavy atom. The van der Waals surface area contributed by atoms with E-state index in [2.05, 4.69) is 58.9 Å². The van der Waals surface area contributed by atoms with Crippen molar-refractivity contribution in [1.29, 1.82) is 0 Å². The molecular formula is C24H35IN4O2. The summed E-state index contributed by atoms with van der Waals surface area (Å²) in [6.07, 6.45) is 0.970. The van der Waals surface area contributed by atoms with Crippen LogP contribution in [0, 0.1) is 0 Å². The molecule has 3 rings (SSSR count). The number of halogens is 1. The smallest absolute Gasteiger partial charge is 0.191 e. The summed E-state index contributed by atoms with van der Waals surface area (Å²) in [6, 6.07) is 18.7. The molecule has 0 spiro atoms. The lowest BCUT2D eigenvalue weighted by Gasteiger charge is -2.26. The van der Waals surface area contributed by atoms with Gasteiger partial charge in [-0.3, -0.25) is 4.90 Å². The molecule has 0 bridgehead atoms. The first-order valence-electron chi connectivity index (χ1n) is 10.9. The van der Waals surface area contributed by atoms with Crippen molar-refractivity contribution in [1.82, 2.24) is 15.5 Å². The third-order valence-electron chi connectivity index (χ3n) is 4.99. The maximum atomic E-state index is 5.96. The lowest BCUT2D eigenvalue weighted by atomic mass is 10.1. The molecule has 2 aromatic rings. The van der Waals surface area contributed by atoms with Crippen LogP contribution >= 0.6 is 24.0 Å². The van der Waals surface area contributed by atoms with Gasteiger partial charge in [0.1, 0.15) is 12.4 Å². The van der Waals surface area contributed by atoms with Crippen LogP contribution in [-0.4, -0.2) is 63.4 Å². The number of morpholine rings is 1. The van der Waals surface area contributed by atoms with Gasteiger partial charge in [0.2, 0.25) is 0 Å². The number of rotatable bonds is 10. The Labute approximate surface area is 203 Å². The number of ether oxygens (including phenoxy) is 2. The number of benzene rings is 2. The van der Waals surface area contributed by atoms with E-state index in [0.717, 1.165) is 69.6 Å².